The van der Waals surface area contributed by atoms with Crippen LogP contribution < -0.4 is 4.90 Å². The van der Waals surface area contributed by atoms with Crippen molar-refractivity contribution in [1.82, 2.24) is 20.0 Å². The molecular formula is C25H35N5O2. The maximum atomic E-state index is 12.9. The zero-order chi connectivity index (χ0) is 23.1. The first-order valence-corrected chi connectivity index (χ1v) is 11.6. The topological polar surface area (TPSA) is 69.6 Å². The lowest BCUT2D eigenvalue weighted by molar-refractivity contribution is -0.143. The Balaban J connectivity index is 1.56. The SMILES string of the molecule is CCC(C)CN(CC(=O)N1CCN(c2ccc(-c3ccccc3)nn2)CC1)C(=O)C(C)C. The van der Waals surface area contributed by atoms with Crippen LogP contribution in [0.5, 0.6) is 0 Å². The molecule has 2 amide bonds. The Labute approximate surface area is 191 Å². The van der Waals surface area contributed by atoms with E-state index >= 15 is 0 Å². The highest BCUT2D eigenvalue weighted by Gasteiger charge is 2.27. The second-order valence-electron chi connectivity index (χ2n) is 8.90. The molecule has 172 valence electrons. The number of nitrogens with zero attached hydrogens (tertiary/aromatic N) is 5. The summed E-state index contributed by atoms with van der Waals surface area (Å²) in [6, 6.07) is 14.0. The minimum Gasteiger partial charge on any atom is -0.352 e. The normalized spacial score (nSPS) is 15.0. The summed E-state index contributed by atoms with van der Waals surface area (Å²) in [5.41, 5.74) is 1.89. The van der Waals surface area contributed by atoms with E-state index in [1.807, 2.05) is 61.2 Å². The van der Waals surface area contributed by atoms with Crippen molar-refractivity contribution in [3.63, 3.8) is 0 Å². The Morgan fingerprint density at radius 2 is 1.66 bits per heavy atom. The molecule has 0 saturated carbocycles. The van der Waals surface area contributed by atoms with Crippen LogP contribution in [-0.2, 0) is 9.59 Å². The highest BCUT2D eigenvalue weighted by atomic mass is 16.2. The summed E-state index contributed by atoms with van der Waals surface area (Å²) in [5, 5.41) is 8.77. The summed E-state index contributed by atoms with van der Waals surface area (Å²) in [6.07, 6.45) is 0.985. The molecule has 2 aromatic rings. The van der Waals surface area contributed by atoms with Crippen molar-refractivity contribution in [2.75, 3.05) is 44.2 Å². The Hall–Kier alpha value is -2.96. The monoisotopic (exact) mass is 437 g/mol. The summed E-state index contributed by atoms with van der Waals surface area (Å²) in [4.78, 5) is 31.3. The third-order valence-electron chi connectivity index (χ3n) is 6.04. The van der Waals surface area contributed by atoms with E-state index in [0.717, 1.165) is 23.5 Å². The lowest BCUT2D eigenvalue weighted by atomic mass is 10.1. The van der Waals surface area contributed by atoms with Gasteiger partial charge >= 0.3 is 0 Å². The van der Waals surface area contributed by atoms with Crippen LogP contribution in [0.15, 0.2) is 42.5 Å². The van der Waals surface area contributed by atoms with Gasteiger partial charge in [0.25, 0.3) is 0 Å². The lowest BCUT2D eigenvalue weighted by Crippen LogP contribution is -2.52. The summed E-state index contributed by atoms with van der Waals surface area (Å²) in [6.45, 7) is 11.4. The van der Waals surface area contributed by atoms with E-state index in [2.05, 4.69) is 28.9 Å². The molecule has 0 bridgehead atoms. The van der Waals surface area contributed by atoms with Gasteiger partial charge < -0.3 is 14.7 Å². The molecule has 2 heterocycles. The van der Waals surface area contributed by atoms with Crippen LogP contribution in [0.2, 0.25) is 0 Å². The fraction of sp³-hybridized carbons (Fsp3) is 0.520. The summed E-state index contributed by atoms with van der Waals surface area (Å²) < 4.78 is 0. The average molecular weight is 438 g/mol. The first-order chi connectivity index (χ1) is 15.4. The van der Waals surface area contributed by atoms with E-state index in [-0.39, 0.29) is 24.3 Å². The maximum absolute atomic E-state index is 12.9. The van der Waals surface area contributed by atoms with Gasteiger partial charge in [0.2, 0.25) is 11.8 Å². The fourth-order valence-corrected chi connectivity index (χ4v) is 3.81. The zero-order valence-corrected chi connectivity index (χ0v) is 19.7. The van der Waals surface area contributed by atoms with Crippen LogP contribution in [-0.4, -0.2) is 71.1 Å². The van der Waals surface area contributed by atoms with Crippen molar-refractivity contribution in [3.05, 3.63) is 42.5 Å². The molecule has 1 aliphatic rings. The first-order valence-electron chi connectivity index (χ1n) is 11.6. The maximum Gasteiger partial charge on any atom is 0.242 e. The molecule has 0 aliphatic carbocycles. The van der Waals surface area contributed by atoms with Crippen LogP contribution in [0.3, 0.4) is 0 Å². The number of amides is 2. The Morgan fingerprint density at radius 3 is 2.22 bits per heavy atom. The molecule has 1 aliphatic heterocycles. The molecule has 1 atom stereocenters. The van der Waals surface area contributed by atoms with Gasteiger partial charge in [0, 0.05) is 44.2 Å². The molecule has 0 N–H and O–H groups in total. The van der Waals surface area contributed by atoms with Crippen molar-refractivity contribution < 1.29 is 9.59 Å². The van der Waals surface area contributed by atoms with Gasteiger partial charge in [-0.15, -0.1) is 10.2 Å². The largest absolute Gasteiger partial charge is 0.352 e. The third-order valence-corrected chi connectivity index (χ3v) is 6.04. The van der Waals surface area contributed by atoms with Gasteiger partial charge in [-0.05, 0) is 18.1 Å². The van der Waals surface area contributed by atoms with Crippen molar-refractivity contribution >= 4 is 17.6 Å². The number of carbonyl (C=O) groups is 2. The number of hydrogen-bond donors (Lipinski definition) is 0. The van der Waals surface area contributed by atoms with Gasteiger partial charge in [0.1, 0.15) is 0 Å². The molecule has 32 heavy (non-hydrogen) atoms. The van der Waals surface area contributed by atoms with E-state index in [9.17, 15) is 9.59 Å². The predicted molar refractivity (Wildman–Crippen MR) is 127 cm³/mol. The van der Waals surface area contributed by atoms with E-state index in [0.29, 0.717) is 38.6 Å². The molecule has 1 saturated heterocycles. The van der Waals surface area contributed by atoms with E-state index < -0.39 is 0 Å². The number of piperazine rings is 1. The zero-order valence-electron chi connectivity index (χ0n) is 19.7. The minimum atomic E-state index is -0.110. The number of benzene rings is 1. The molecule has 1 fully saturated rings. The Kier molecular flexibility index (Phi) is 8.20. The molecule has 1 unspecified atom stereocenters. The molecule has 0 radical (unpaired) electrons. The number of carbonyl (C=O) groups excluding carboxylic acids is 2. The van der Waals surface area contributed by atoms with Crippen LogP contribution in [0.1, 0.15) is 34.1 Å². The van der Waals surface area contributed by atoms with Crippen molar-refractivity contribution in [2.24, 2.45) is 11.8 Å². The second-order valence-corrected chi connectivity index (χ2v) is 8.90. The minimum absolute atomic E-state index is 0.0208. The van der Waals surface area contributed by atoms with Crippen LogP contribution in [0, 0.1) is 11.8 Å². The molecule has 3 rings (SSSR count). The second kappa shape index (κ2) is 11.1. The Morgan fingerprint density at radius 1 is 0.969 bits per heavy atom. The van der Waals surface area contributed by atoms with Gasteiger partial charge in [0.15, 0.2) is 5.82 Å². The summed E-state index contributed by atoms with van der Waals surface area (Å²) >= 11 is 0. The van der Waals surface area contributed by atoms with Crippen molar-refractivity contribution in [2.45, 2.75) is 34.1 Å². The average Bonchev–Trinajstić information content (AvgIpc) is 2.83. The fourth-order valence-electron chi connectivity index (χ4n) is 3.81. The van der Waals surface area contributed by atoms with E-state index in [1.165, 1.54) is 0 Å². The lowest BCUT2D eigenvalue weighted by Gasteiger charge is -2.36. The number of hydrogen-bond acceptors (Lipinski definition) is 5. The highest BCUT2D eigenvalue weighted by Crippen LogP contribution is 2.19. The Bertz CT molecular complexity index is 877. The van der Waals surface area contributed by atoms with Crippen LogP contribution >= 0.6 is 0 Å². The van der Waals surface area contributed by atoms with Crippen LogP contribution in [0.25, 0.3) is 11.3 Å². The molecule has 1 aromatic heterocycles. The number of anilines is 1. The first kappa shape index (κ1) is 23.7. The highest BCUT2D eigenvalue weighted by molar-refractivity contribution is 5.85. The van der Waals surface area contributed by atoms with Crippen molar-refractivity contribution in [1.29, 1.82) is 0 Å². The van der Waals surface area contributed by atoms with Crippen LogP contribution in [0.4, 0.5) is 5.82 Å². The molecule has 7 heteroatoms. The van der Waals surface area contributed by atoms with E-state index in [4.69, 9.17) is 0 Å². The van der Waals surface area contributed by atoms with Crippen molar-refractivity contribution in [3.8, 4) is 11.3 Å². The summed E-state index contributed by atoms with van der Waals surface area (Å²) in [5.74, 6) is 1.16. The van der Waals surface area contributed by atoms with Gasteiger partial charge in [-0.3, -0.25) is 9.59 Å². The van der Waals surface area contributed by atoms with Gasteiger partial charge in [-0.1, -0.05) is 64.4 Å². The van der Waals surface area contributed by atoms with E-state index in [1.54, 1.807) is 4.90 Å². The smallest absolute Gasteiger partial charge is 0.242 e. The molecular weight excluding hydrogens is 402 g/mol. The van der Waals surface area contributed by atoms with Gasteiger partial charge in [0.05, 0.1) is 12.2 Å². The molecule has 7 nitrogen and oxygen atoms in total. The quantitative estimate of drug-likeness (QED) is 0.634. The third kappa shape index (κ3) is 6.05. The number of rotatable bonds is 8. The molecule has 0 spiro atoms. The summed E-state index contributed by atoms with van der Waals surface area (Å²) in [7, 11) is 0. The number of aromatic nitrogens is 2. The predicted octanol–water partition coefficient (Wildman–Crippen LogP) is 3.32. The van der Waals surface area contributed by atoms with Gasteiger partial charge in [-0.2, -0.15) is 0 Å². The van der Waals surface area contributed by atoms with Gasteiger partial charge in [-0.25, -0.2) is 0 Å². The standard InChI is InChI=1S/C25H35N5O2/c1-5-20(4)17-30(25(32)19(2)3)18-24(31)29-15-13-28(14-16-29)23-12-11-22(26-27-23)21-9-7-6-8-10-21/h6-12,19-20H,5,13-18H2,1-4H3. The molecule has 1 aromatic carbocycles.